The van der Waals surface area contributed by atoms with E-state index in [0.29, 0.717) is 9.50 Å². The minimum absolute atomic E-state index is 0.0694. The Kier molecular flexibility index (Phi) is 3.07. The molecule has 0 radical (unpaired) electrons. The predicted octanol–water partition coefficient (Wildman–Crippen LogP) is 4.25. The number of rotatable bonds is 1. The molecule has 0 fully saturated rings. The quantitative estimate of drug-likeness (QED) is 0.720. The average Bonchev–Trinajstić information content (AvgIpc) is 2.50. The Balaban J connectivity index is 2.55. The molecular formula is C9H4BrClOS2. The summed E-state index contributed by atoms with van der Waals surface area (Å²) in [5, 5.41) is 0.701. The van der Waals surface area contributed by atoms with Gasteiger partial charge in [-0.3, -0.25) is 4.79 Å². The highest BCUT2D eigenvalue weighted by molar-refractivity contribution is 9.10. The summed E-state index contributed by atoms with van der Waals surface area (Å²) in [5.41, 5.74) is 1.02. The Hall–Kier alpha value is -0.160. The number of hydrogen-bond acceptors (Lipinski definition) is 3. The van der Waals surface area contributed by atoms with Crippen molar-refractivity contribution in [3.05, 3.63) is 43.3 Å². The van der Waals surface area contributed by atoms with Gasteiger partial charge in [0.1, 0.15) is 0 Å². The third-order valence-corrected chi connectivity index (χ3v) is 5.47. The van der Waals surface area contributed by atoms with Crippen LogP contribution in [0.25, 0.3) is 10.4 Å². The van der Waals surface area contributed by atoms with E-state index in [1.54, 1.807) is 0 Å². The zero-order valence-corrected chi connectivity index (χ0v) is 10.8. The van der Waals surface area contributed by atoms with Gasteiger partial charge in [-0.1, -0.05) is 34.1 Å². The molecular weight excluding hydrogens is 304 g/mol. The summed E-state index contributed by atoms with van der Waals surface area (Å²) in [6.45, 7) is 0. The van der Waals surface area contributed by atoms with Crippen molar-refractivity contribution in [1.82, 2.24) is 0 Å². The fraction of sp³-hybridized carbons (Fsp3) is 0. The Morgan fingerprint density at radius 2 is 1.79 bits per heavy atom. The van der Waals surface area contributed by atoms with E-state index in [9.17, 15) is 4.79 Å². The molecule has 0 aliphatic carbocycles. The minimum atomic E-state index is 0.0694. The molecule has 0 saturated carbocycles. The zero-order chi connectivity index (χ0) is 10.1. The van der Waals surface area contributed by atoms with Crippen molar-refractivity contribution < 1.29 is 0 Å². The SMILES string of the molecule is O=c1ssc(-c2ccc(Cl)cc2)c1Br. The van der Waals surface area contributed by atoms with Crippen LogP contribution in [0.4, 0.5) is 0 Å². The van der Waals surface area contributed by atoms with Crippen LogP contribution in [0, 0.1) is 0 Å². The van der Waals surface area contributed by atoms with Crippen molar-refractivity contribution >= 4 is 48.2 Å². The predicted molar refractivity (Wildman–Crippen MR) is 66.6 cm³/mol. The van der Waals surface area contributed by atoms with E-state index in [4.69, 9.17) is 11.6 Å². The molecule has 0 N–H and O–H groups in total. The molecule has 0 amide bonds. The standard InChI is InChI=1S/C9H4BrClOS2/c10-7-8(13-14-9(7)12)5-1-3-6(11)4-2-5/h1-4H. The van der Waals surface area contributed by atoms with Crippen molar-refractivity contribution in [2.24, 2.45) is 0 Å². The Bertz CT molecular complexity index is 500. The first-order valence-electron chi connectivity index (χ1n) is 3.73. The van der Waals surface area contributed by atoms with Gasteiger partial charge in [-0.25, -0.2) is 0 Å². The lowest BCUT2D eigenvalue weighted by molar-refractivity contribution is 1.66. The monoisotopic (exact) mass is 306 g/mol. The Labute approximate surface area is 101 Å². The number of benzene rings is 1. The van der Waals surface area contributed by atoms with Crippen molar-refractivity contribution in [2.75, 3.05) is 0 Å². The molecule has 1 aromatic heterocycles. The fourth-order valence-electron chi connectivity index (χ4n) is 1.02. The highest BCUT2D eigenvalue weighted by Gasteiger charge is 2.09. The second kappa shape index (κ2) is 4.14. The summed E-state index contributed by atoms with van der Waals surface area (Å²) in [4.78, 5) is 12.2. The highest BCUT2D eigenvalue weighted by Crippen LogP contribution is 2.33. The molecule has 1 heterocycles. The van der Waals surface area contributed by atoms with E-state index < -0.39 is 0 Å². The van der Waals surface area contributed by atoms with Crippen molar-refractivity contribution in [1.29, 1.82) is 0 Å². The van der Waals surface area contributed by atoms with Gasteiger partial charge >= 0.3 is 0 Å². The maximum absolute atomic E-state index is 11.2. The number of halogens is 2. The van der Waals surface area contributed by atoms with Crippen LogP contribution in [0.3, 0.4) is 0 Å². The van der Waals surface area contributed by atoms with Crippen LogP contribution in [0.1, 0.15) is 0 Å². The Morgan fingerprint density at radius 1 is 1.14 bits per heavy atom. The summed E-state index contributed by atoms with van der Waals surface area (Å²) >= 11 is 9.06. The van der Waals surface area contributed by atoms with E-state index in [2.05, 4.69) is 15.9 Å². The average molecular weight is 308 g/mol. The zero-order valence-electron chi connectivity index (χ0n) is 6.79. The molecule has 72 valence electrons. The molecule has 0 aliphatic heterocycles. The lowest BCUT2D eigenvalue weighted by atomic mass is 10.2. The molecule has 0 bridgehead atoms. The van der Waals surface area contributed by atoms with Gasteiger partial charge in [-0.05, 0) is 44.0 Å². The van der Waals surface area contributed by atoms with Crippen LogP contribution in [0.5, 0.6) is 0 Å². The lowest BCUT2D eigenvalue weighted by Crippen LogP contribution is -1.88. The van der Waals surface area contributed by atoms with Gasteiger partial charge in [-0.15, -0.1) is 0 Å². The van der Waals surface area contributed by atoms with Gasteiger partial charge in [0.05, 0.1) is 9.35 Å². The molecule has 5 heteroatoms. The maximum Gasteiger partial charge on any atom is 0.257 e. The van der Waals surface area contributed by atoms with Gasteiger partial charge in [0.2, 0.25) is 0 Å². The lowest BCUT2D eigenvalue weighted by Gasteiger charge is -1.96. The van der Waals surface area contributed by atoms with Gasteiger partial charge in [-0.2, -0.15) is 0 Å². The van der Waals surface area contributed by atoms with Crippen LogP contribution in [0.15, 0.2) is 33.5 Å². The molecule has 14 heavy (non-hydrogen) atoms. The maximum atomic E-state index is 11.2. The summed E-state index contributed by atoms with van der Waals surface area (Å²) in [5.74, 6) is 0. The van der Waals surface area contributed by atoms with Crippen LogP contribution in [0.2, 0.25) is 5.02 Å². The van der Waals surface area contributed by atoms with Crippen LogP contribution >= 0.6 is 48.2 Å². The second-order valence-corrected chi connectivity index (χ2v) is 5.95. The fourth-order valence-corrected chi connectivity index (χ4v) is 4.57. The molecule has 1 aromatic carbocycles. The molecule has 0 aliphatic rings. The van der Waals surface area contributed by atoms with E-state index in [-0.39, 0.29) is 4.74 Å². The number of hydrogen-bond donors (Lipinski definition) is 0. The first-order chi connectivity index (χ1) is 6.68. The summed E-state index contributed by atoms with van der Waals surface area (Å²) in [7, 11) is 2.71. The molecule has 2 rings (SSSR count). The van der Waals surface area contributed by atoms with E-state index >= 15 is 0 Å². The van der Waals surface area contributed by atoms with Crippen LogP contribution in [-0.2, 0) is 0 Å². The first kappa shape index (κ1) is 10.4. The molecule has 0 saturated heterocycles. The largest absolute Gasteiger partial charge is 0.276 e. The third kappa shape index (κ3) is 1.93. The van der Waals surface area contributed by atoms with Crippen LogP contribution in [-0.4, -0.2) is 0 Å². The van der Waals surface area contributed by atoms with Gasteiger partial charge in [0.15, 0.2) is 0 Å². The Morgan fingerprint density at radius 3 is 2.29 bits per heavy atom. The minimum Gasteiger partial charge on any atom is -0.276 e. The summed E-state index contributed by atoms with van der Waals surface area (Å²) in [6, 6.07) is 7.45. The highest BCUT2D eigenvalue weighted by atomic mass is 79.9. The van der Waals surface area contributed by atoms with Crippen molar-refractivity contribution in [3.63, 3.8) is 0 Å². The van der Waals surface area contributed by atoms with Gasteiger partial charge < -0.3 is 0 Å². The molecule has 2 aromatic rings. The van der Waals surface area contributed by atoms with Gasteiger partial charge in [0.25, 0.3) is 4.74 Å². The summed E-state index contributed by atoms with van der Waals surface area (Å²) < 4.78 is 0.717. The second-order valence-electron chi connectivity index (χ2n) is 2.60. The molecule has 0 unspecified atom stereocenters. The van der Waals surface area contributed by atoms with Crippen molar-refractivity contribution in [2.45, 2.75) is 0 Å². The van der Waals surface area contributed by atoms with E-state index in [1.165, 1.54) is 20.7 Å². The van der Waals surface area contributed by atoms with E-state index in [1.807, 2.05) is 24.3 Å². The van der Waals surface area contributed by atoms with Crippen LogP contribution < -0.4 is 4.74 Å². The molecule has 0 atom stereocenters. The first-order valence-corrected chi connectivity index (χ1v) is 7.05. The summed E-state index contributed by atoms with van der Waals surface area (Å²) in [6.07, 6.45) is 0. The topological polar surface area (TPSA) is 17.1 Å². The normalized spacial score (nSPS) is 10.4. The van der Waals surface area contributed by atoms with E-state index in [0.717, 1.165) is 10.4 Å². The molecule has 1 nitrogen and oxygen atoms in total. The third-order valence-electron chi connectivity index (χ3n) is 1.69. The van der Waals surface area contributed by atoms with Gasteiger partial charge in [0, 0.05) is 5.02 Å². The van der Waals surface area contributed by atoms with Crippen molar-refractivity contribution in [3.8, 4) is 10.4 Å². The molecule has 0 spiro atoms. The smallest absolute Gasteiger partial charge is 0.257 e.